The second-order valence-electron chi connectivity index (χ2n) is 20.8. The highest BCUT2D eigenvalue weighted by Gasteiger charge is 2.29. The highest BCUT2D eigenvalue weighted by Crippen LogP contribution is 2.15. The first-order chi connectivity index (χ1) is 36.6. The number of carbonyl (C=O) groups excluding carboxylic acids is 4. The molecule has 0 heterocycles. The first-order valence-corrected chi connectivity index (χ1v) is 30.8. The van der Waals surface area contributed by atoms with Crippen molar-refractivity contribution >= 4 is 24.2 Å². The number of aliphatic hydroxyl groups excluding tert-OH is 5. The lowest BCUT2D eigenvalue weighted by molar-refractivity contribution is -0.167. The standard InChI is InChI=1S/C57H104O6.C6H12O6/c1-4-7-10-13-16-19-22-25-28-31-34-37-40-43-46-49-55(58)61-52-54(63-57(60)51-48-45-42-39-36-33-30-27-24-21-18-15-12-9-6-3)53-62-56(59)50-47-44-41-38-35-32-29-26-23-20-17-14-11-8-5-2;7-1-3(9)5(11)6(12)4(10)2-8/h25-30,54H,4-24,31-53H2,1-3H3;1,3-6,8-12H,2H2/b28-25-,29-26-,30-27-;/t;3-,4+,5+,6+/m.0/s1. The number of aliphatic hydroxyl groups is 5. The summed E-state index contributed by atoms with van der Waals surface area (Å²) in [5.74, 6) is -0.893. The molecule has 0 unspecified atom stereocenters. The van der Waals surface area contributed by atoms with Crippen molar-refractivity contribution in [3.8, 4) is 0 Å². The van der Waals surface area contributed by atoms with Crippen LogP contribution in [-0.4, -0.2) is 100 Å². The lowest BCUT2D eigenvalue weighted by Crippen LogP contribution is -2.46. The fourth-order valence-electron chi connectivity index (χ4n) is 8.52. The van der Waals surface area contributed by atoms with Gasteiger partial charge in [-0.05, 0) is 96.3 Å². The van der Waals surface area contributed by atoms with Crippen LogP contribution in [0.4, 0.5) is 0 Å². The Morgan fingerprint density at radius 3 is 0.920 bits per heavy atom. The zero-order valence-corrected chi connectivity index (χ0v) is 48.3. The summed E-state index contributed by atoms with van der Waals surface area (Å²) in [4.78, 5) is 47.9. The number of hydrogen-bond acceptors (Lipinski definition) is 12. The van der Waals surface area contributed by atoms with Crippen molar-refractivity contribution in [2.24, 2.45) is 0 Å². The lowest BCUT2D eigenvalue weighted by atomic mass is 10.0. The molecule has 0 bridgehead atoms. The zero-order chi connectivity index (χ0) is 55.5. The van der Waals surface area contributed by atoms with Crippen LogP contribution in [0.3, 0.4) is 0 Å². The minimum absolute atomic E-state index is 0.0258. The molecule has 0 amide bonds. The van der Waals surface area contributed by atoms with Crippen LogP contribution in [0, 0.1) is 0 Å². The maximum atomic E-state index is 12.8. The summed E-state index contributed by atoms with van der Waals surface area (Å²) in [5, 5.41) is 43.5. The molecule has 75 heavy (non-hydrogen) atoms. The van der Waals surface area contributed by atoms with E-state index >= 15 is 0 Å². The summed E-state index contributed by atoms with van der Waals surface area (Å²) >= 11 is 0. The minimum atomic E-state index is -1.79. The second kappa shape index (κ2) is 60.3. The molecular formula is C63H116O12. The van der Waals surface area contributed by atoms with Gasteiger partial charge < -0.3 is 44.5 Å². The third-order valence-corrected chi connectivity index (χ3v) is 13.5. The van der Waals surface area contributed by atoms with Gasteiger partial charge in [-0.1, -0.05) is 211 Å². The molecule has 12 nitrogen and oxygen atoms in total. The van der Waals surface area contributed by atoms with E-state index in [1.165, 1.54) is 173 Å². The van der Waals surface area contributed by atoms with Gasteiger partial charge in [0.05, 0.1) is 6.61 Å². The molecule has 0 aromatic heterocycles. The van der Waals surface area contributed by atoms with Crippen molar-refractivity contribution in [1.29, 1.82) is 0 Å². The van der Waals surface area contributed by atoms with Crippen molar-refractivity contribution in [3.05, 3.63) is 36.5 Å². The Bertz CT molecular complexity index is 1280. The molecule has 12 heteroatoms. The van der Waals surface area contributed by atoms with Gasteiger partial charge in [-0.15, -0.1) is 0 Å². The summed E-state index contributed by atoms with van der Waals surface area (Å²) in [6.45, 7) is 5.87. The number of rotatable bonds is 55. The average Bonchev–Trinajstić information content (AvgIpc) is 3.41. The molecule has 0 aliphatic rings. The summed E-state index contributed by atoms with van der Waals surface area (Å²) in [5.41, 5.74) is 0. The highest BCUT2D eigenvalue weighted by atomic mass is 16.6. The van der Waals surface area contributed by atoms with E-state index in [0.29, 0.717) is 19.3 Å². The molecule has 0 rings (SSSR count). The maximum absolute atomic E-state index is 12.8. The Labute approximate surface area is 458 Å². The first kappa shape index (κ1) is 74.2. The smallest absolute Gasteiger partial charge is 0.306 e. The molecule has 4 atom stereocenters. The van der Waals surface area contributed by atoms with Crippen LogP contribution in [0.1, 0.15) is 290 Å². The van der Waals surface area contributed by atoms with E-state index < -0.39 is 37.1 Å². The van der Waals surface area contributed by atoms with Gasteiger partial charge in [0.1, 0.15) is 37.6 Å². The molecule has 440 valence electrons. The van der Waals surface area contributed by atoms with Crippen LogP contribution < -0.4 is 0 Å². The predicted molar refractivity (Wildman–Crippen MR) is 307 cm³/mol. The van der Waals surface area contributed by atoms with Crippen LogP contribution in [0.25, 0.3) is 0 Å². The Kier molecular flexibility index (Phi) is 59.7. The quantitative estimate of drug-likeness (QED) is 0.0127. The van der Waals surface area contributed by atoms with E-state index in [-0.39, 0.29) is 37.4 Å². The molecule has 0 saturated heterocycles. The van der Waals surface area contributed by atoms with Crippen molar-refractivity contribution in [3.63, 3.8) is 0 Å². The van der Waals surface area contributed by atoms with Crippen LogP contribution in [0.15, 0.2) is 36.5 Å². The molecule has 0 aliphatic heterocycles. The van der Waals surface area contributed by atoms with Crippen LogP contribution >= 0.6 is 0 Å². The topological polar surface area (TPSA) is 197 Å². The summed E-state index contributed by atoms with van der Waals surface area (Å²) < 4.78 is 16.8. The van der Waals surface area contributed by atoms with E-state index in [9.17, 15) is 19.2 Å². The third kappa shape index (κ3) is 55.7. The molecule has 0 saturated carbocycles. The summed E-state index contributed by atoms with van der Waals surface area (Å²) in [6, 6.07) is 0. The molecule has 0 fully saturated rings. The molecule has 5 N–H and O–H groups in total. The van der Waals surface area contributed by atoms with Crippen molar-refractivity contribution in [2.75, 3.05) is 19.8 Å². The van der Waals surface area contributed by atoms with Gasteiger partial charge >= 0.3 is 17.9 Å². The number of aldehydes is 1. The van der Waals surface area contributed by atoms with Crippen molar-refractivity contribution in [2.45, 2.75) is 321 Å². The fraction of sp³-hybridized carbons (Fsp3) is 0.841. The first-order valence-electron chi connectivity index (χ1n) is 30.8. The number of carbonyl (C=O) groups is 4. The van der Waals surface area contributed by atoms with Gasteiger partial charge in [-0.25, -0.2) is 0 Å². The zero-order valence-electron chi connectivity index (χ0n) is 48.3. The van der Waals surface area contributed by atoms with E-state index in [0.717, 1.165) is 77.0 Å². The minimum Gasteiger partial charge on any atom is -0.462 e. The maximum Gasteiger partial charge on any atom is 0.306 e. The second-order valence-corrected chi connectivity index (χ2v) is 20.8. The van der Waals surface area contributed by atoms with Gasteiger partial charge in [-0.3, -0.25) is 14.4 Å². The number of hydrogen-bond donors (Lipinski definition) is 5. The Morgan fingerprint density at radius 1 is 0.373 bits per heavy atom. The van der Waals surface area contributed by atoms with Gasteiger partial charge in [0.15, 0.2) is 12.4 Å². The van der Waals surface area contributed by atoms with Gasteiger partial charge in [0, 0.05) is 19.3 Å². The van der Waals surface area contributed by atoms with Gasteiger partial charge in [0.25, 0.3) is 0 Å². The van der Waals surface area contributed by atoms with Crippen molar-refractivity contribution in [1.82, 2.24) is 0 Å². The van der Waals surface area contributed by atoms with E-state index in [1.807, 2.05) is 0 Å². The molecule has 0 aromatic carbocycles. The SMILES string of the molecule is CCCCCCCC/C=C\CCCCCCCC(=O)OCC(COC(=O)CCCCCCC/C=C\CCCCCCCC)OC(=O)CCCCCCC/C=C\CCCCCCCC.O=C[C@H](O)[C@@H](O)[C@H](O)[C@H](O)CO. The monoisotopic (exact) mass is 1060 g/mol. The Balaban J connectivity index is 0. The number of ether oxygens (including phenoxy) is 3. The van der Waals surface area contributed by atoms with Gasteiger partial charge in [0.2, 0.25) is 0 Å². The van der Waals surface area contributed by atoms with E-state index in [4.69, 9.17) is 39.7 Å². The third-order valence-electron chi connectivity index (χ3n) is 13.5. The number of unbranched alkanes of at least 4 members (excludes halogenated alkanes) is 33. The van der Waals surface area contributed by atoms with E-state index in [1.54, 1.807) is 0 Å². The number of allylic oxidation sites excluding steroid dienone is 6. The molecule has 0 aliphatic carbocycles. The average molecular weight is 1070 g/mol. The van der Waals surface area contributed by atoms with Crippen LogP contribution in [0.5, 0.6) is 0 Å². The largest absolute Gasteiger partial charge is 0.462 e. The Morgan fingerprint density at radius 2 is 0.640 bits per heavy atom. The summed E-state index contributed by atoms with van der Waals surface area (Å²) in [7, 11) is 0. The number of esters is 3. The molecule has 0 spiro atoms. The molecule has 0 aromatic rings. The normalized spacial score (nSPS) is 13.3. The fourth-order valence-corrected chi connectivity index (χ4v) is 8.52. The van der Waals surface area contributed by atoms with Crippen LogP contribution in [-0.2, 0) is 33.4 Å². The molecular weight excluding hydrogens is 949 g/mol. The van der Waals surface area contributed by atoms with E-state index in [2.05, 4.69) is 57.2 Å². The highest BCUT2D eigenvalue weighted by molar-refractivity contribution is 5.71. The Hall–Kier alpha value is -2.90. The van der Waals surface area contributed by atoms with Crippen LogP contribution in [0.2, 0.25) is 0 Å². The summed E-state index contributed by atoms with van der Waals surface area (Å²) in [6.07, 6.45) is 54.4. The molecule has 0 radical (unpaired) electrons. The predicted octanol–water partition coefficient (Wildman–Crippen LogP) is 14.7. The van der Waals surface area contributed by atoms with Gasteiger partial charge in [-0.2, -0.15) is 0 Å². The lowest BCUT2D eigenvalue weighted by Gasteiger charge is -2.22. The van der Waals surface area contributed by atoms with Crippen molar-refractivity contribution < 1.29 is 58.9 Å².